The standard InChI is InChI=1S/C29H31NO5/c1-30(19-21-9-5-4-6-10-21)15-7-2-3-8-16-34-24-17-26(32)28-27(18-24)35-20-25(29(28)33)22-11-13-23(31)14-12-22/h4-6,9-14,17-18,20,31-32H,2-3,7-8,15-16,19H2,1H3. The van der Waals surface area contributed by atoms with Gasteiger partial charge in [0.05, 0.1) is 12.2 Å². The van der Waals surface area contributed by atoms with Crippen LogP contribution >= 0.6 is 0 Å². The van der Waals surface area contributed by atoms with Crippen LogP contribution in [0.3, 0.4) is 0 Å². The molecule has 4 aromatic rings. The number of fused-ring (bicyclic) bond motifs is 1. The number of benzene rings is 3. The fourth-order valence-electron chi connectivity index (χ4n) is 4.13. The molecule has 0 bridgehead atoms. The van der Waals surface area contributed by atoms with Crippen molar-refractivity contribution < 1.29 is 19.4 Å². The van der Waals surface area contributed by atoms with Crippen molar-refractivity contribution in [1.29, 1.82) is 0 Å². The van der Waals surface area contributed by atoms with Crippen molar-refractivity contribution in [2.45, 2.75) is 32.2 Å². The van der Waals surface area contributed by atoms with E-state index in [-0.39, 0.29) is 27.9 Å². The van der Waals surface area contributed by atoms with Gasteiger partial charge in [0.15, 0.2) is 0 Å². The molecule has 0 atom stereocenters. The Kier molecular flexibility index (Phi) is 8.06. The molecule has 0 fully saturated rings. The quantitative estimate of drug-likeness (QED) is 0.262. The molecular formula is C29H31NO5. The topological polar surface area (TPSA) is 83.1 Å². The van der Waals surface area contributed by atoms with Crippen LogP contribution in [0.5, 0.6) is 17.2 Å². The van der Waals surface area contributed by atoms with Crippen LogP contribution in [-0.2, 0) is 6.54 Å². The maximum atomic E-state index is 12.9. The van der Waals surface area contributed by atoms with Gasteiger partial charge in [-0.15, -0.1) is 0 Å². The lowest BCUT2D eigenvalue weighted by Crippen LogP contribution is -2.19. The lowest BCUT2D eigenvalue weighted by Gasteiger charge is -2.16. The van der Waals surface area contributed by atoms with Crippen LogP contribution in [0.2, 0.25) is 0 Å². The van der Waals surface area contributed by atoms with Gasteiger partial charge in [-0.1, -0.05) is 55.3 Å². The van der Waals surface area contributed by atoms with Crippen molar-refractivity contribution in [2.75, 3.05) is 20.2 Å². The van der Waals surface area contributed by atoms with E-state index in [1.807, 2.05) is 6.07 Å². The summed E-state index contributed by atoms with van der Waals surface area (Å²) in [6, 6.07) is 19.8. The number of aromatic hydroxyl groups is 2. The summed E-state index contributed by atoms with van der Waals surface area (Å²) < 4.78 is 11.5. The molecule has 6 heteroatoms. The summed E-state index contributed by atoms with van der Waals surface area (Å²) in [4.78, 5) is 15.3. The van der Waals surface area contributed by atoms with E-state index in [2.05, 4.69) is 36.2 Å². The minimum atomic E-state index is -0.335. The highest BCUT2D eigenvalue weighted by Gasteiger charge is 2.14. The summed E-state index contributed by atoms with van der Waals surface area (Å²) in [5.41, 5.74) is 2.18. The number of rotatable bonds is 11. The Morgan fingerprint density at radius 1 is 0.914 bits per heavy atom. The number of hydrogen-bond acceptors (Lipinski definition) is 6. The van der Waals surface area contributed by atoms with Gasteiger partial charge in [0.2, 0.25) is 5.43 Å². The first kappa shape index (κ1) is 24.4. The van der Waals surface area contributed by atoms with Gasteiger partial charge in [0.25, 0.3) is 0 Å². The number of nitrogens with zero attached hydrogens (tertiary/aromatic N) is 1. The van der Waals surface area contributed by atoms with E-state index in [4.69, 9.17) is 9.15 Å². The van der Waals surface area contributed by atoms with Crippen molar-refractivity contribution in [3.05, 3.63) is 88.8 Å². The Balaban J connectivity index is 1.25. The second-order valence-corrected chi connectivity index (χ2v) is 8.83. The minimum Gasteiger partial charge on any atom is -0.508 e. The van der Waals surface area contributed by atoms with Crippen LogP contribution in [0.15, 0.2) is 82.2 Å². The van der Waals surface area contributed by atoms with Gasteiger partial charge in [0, 0.05) is 18.7 Å². The molecule has 1 heterocycles. The second-order valence-electron chi connectivity index (χ2n) is 8.83. The van der Waals surface area contributed by atoms with E-state index < -0.39 is 0 Å². The van der Waals surface area contributed by atoms with Crippen LogP contribution in [0.4, 0.5) is 0 Å². The maximum absolute atomic E-state index is 12.9. The SMILES string of the molecule is CN(CCCCCCOc1cc(O)c2c(=O)c(-c3ccc(O)cc3)coc2c1)Cc1ccccc1. The monoisotopic (exact) mass is 473 g/mol. The van der Waals surface area contributed by atoms with E-state index in [9.17, 15) is 15.0 Å². The lowest BCUT2D eigenvalue weighted by molar-refractivity contribution is 0.293. The van der Waals surface area contributed by atoms with Crippen molar-refractivity contribution in [2.24, 2.45) is 0 Å². The Bertz CT molecular complexity index is 1300. The summed E-state index contributed by atoms with van der Waals surface area (Å²) in [6.07, 6.45) is 5.60. The Morgan fingerprint density at radius 3 is 2.43 bits per heavy atom. The first-order chi connectivity index (χ1) is 17.0. The second kappa shape index (κ2) is 11.6. The minimum absolute atomic E-state index is 0.110. The van der Waals surface area contributed by atoms with Gasteiger partial charge < -0.3 is 24.3 Å². The molecule has 0 aliphatic rings. The summed E-state index contributed by atoms with van der Waals surface area (Å²) in [5.74, 6) is 0.408. The summed E-state index contributed by atoms with van der Waals surface area (Å²) in [5, 5.41) is 20.1. The molecule has 35 heavy (non-hydrogen) atoms. The number of ether oxygens (including phenoxy) is 1. The molecule has 0 saturated carbocycles. The van der Waals surface area contributed by atoms with Gasteiger partial charge >= 0.3 is 0 Å². The zero-order valence-electron chi connectivity index (χ0n) is 19.9. The summed E-state index contributed by atoms with van der Waals surface area (Å²) in [7, 11) is 2.15. The lowest BCUT2D eigenvalue weighted by atomic mass is 10.0. The normalized spacial score (nSPS) is 11.3. The van der Waals surface area contributed by atoms with Gasteiger partial charge in [0.1, 0.15) is 34.5 Å². The number of unbranched alkanes of at least 4 members (excludes halogenated alkanes) is 3. The van der Waals surface area contributed by atoms with E-state index in [1.165, 1.54) is 30.0 Å². The van der Waals surface area contributed by atoms with Gasteiger partial charge in [-0.25, -0.2) is 0 Å². The molecule has 0 spiro atoms. The molecule has 3 aromatic carbocycles. The zero-order chi connectivity index (χ0) is 24.6. The zero-order valence-corrected chi connectivity index (χ0v) is 19.9. The highest BCUT2D eigenvalue weighted by molar-refractivity contribution is 5.88. The van der Waals surface area contributed by atoms with Crippen LogP contribution in [-0.4, -0.2) is 35.3 Å². The third-order valence-electron chi connectivity index (χ3n) is 6.01. The first-order valence-electron chi connectivity index (χ1n) is 11.9. The Hall–Kier alpha value is -3.77. The molecular weight excluding hydrogens is 442 g/mol. The van der Waals surface area contributed by atoms with Crippen molar-refractivity contribution in [3.8, 4) is 28.4 Å². The molecule has 0 unspecified atom stereocenters. The predicted octanol–water partition coefficient (Wildman–Crippen LogP) is 5.94. The number of hydrogen-bond donors (Lipinski definition) is 2. The maximum Gasteiger partial charge on any atom is 0.204 e. The molecule has 0 aliphatic carbocycles. The highest BCUT2D eigenvalue weighted by Crippen LogP contribution is 2.30. The average molecular weight is 474 g/mol. The smallest absolute Gasteiger partial charge is 0.204 e. The van der Waals surface area contributed by atoms with E-state index in [0.717, 1.165) is 38.8 Å². The van der Waals surface area contributed by atoms with Crippen molar-refractivity contribution >= 4 is 11.0 Å². The van der Waals surface area contributed by atoms with E-state index in [1.54, 1.807) is 18.2 Å². The predicted molar refractivity (Wildman–Crippen MR) is 138 cm³/mol. The Morgan fingerprint density at radius 2 is 1.66 bits per heavy atom. The third-order valence-corrected chi connectivity index (χ3v) is 6.01. The van der Waals surface area contributed by atoms with Crippen LogP contribution in [0.25, 0.3) is 22.1 Å². The fraction of sp³-hybridized carbons (Fsp3) is 0.276. The molecule has 1 aromatic heterocycles. The van der Waals surface area contributed by atoms with Crippen molar-refractivity contribution in [3.63, 3.8) is 0 Å². The van der Waals surface area contributed by atoms with Gasteiger partial charge in [-0.2, -0.15) is 0 Å². The summed E-state index contributed by atoms with van der Waals surface area (Å²) >= 11 is 0. The third kappa shape index (κ3) is 6.43. The first-order valence-corrected chi connectivity index (χ1v) is 11.9. The van der Waals surface area contributed by atoms with Gasteiger partial charge in [-0.05, 0) is 49.7 Å². The number of phenolic OH excluding ortho intramolecular Hbond substituents is 2. The van der Waals surface area contributed by atoms with Crippen LogP contribution < -0.4 is 10.2 Å². The average Bonchev–Trinajstić information content (AvgIpc) is 2.85. The Labute approximate surface area is 205 Å². The van der Waals surface area contributed by atoms with Crippen LogP contribution in [0, 0.1) is 0 Å². The summed E-state index contributed by atoms with van der Waals surface area (Å²) in [6.45, 7) is 2.54. The highest BCUT2D eigenvalue weighted by atomic mass is 16.5. The molecule has 0 amide bonds. The fourth-order valence-corrected chi connectivity index (χ4v) is 4.13. The van der Waals surface area contributed by atoms with E-state index >= 15 is 0 Å². The van der Waals surface area contributed by atoms with Gasteiger partial charge in [-0.3, -0.25) is 4.79 Å². The number of phenols is 2. The molecule has 182 valence electrons. The molecule has 2 N–H and O–H groups in total. The van der Waals surface area contributed by atoms with Crippen molar-refractivity contribution in [1.82, 2.24) is 4.90 Å². The molecule has 0 aliphatic heterocycles. The molecule has 0 radical (unpaired) electrons. The molecule has 6 nitrogen and oxygen atoms in total. The molecule has 4 rings (SSSR count). The van der Waals surface area contributed by atoms with Crippen LogP contribution in [0.1, 0.15) is 31.2 Å². The van der Waals surface area contributed by atoms with E-state index in [0.29, 0.717) is 23.5 Å². The largest absolute Gasteiger partial charge is 0.508 e. The molecule has 0 saturated heterocycles.